The molecule has 3 N–H and O–H groups in total. The third-order valence-corrected chi connectivity index (χ3v) is 10.3. The molecule has 0 spiro atoms. The second-order valence-corrected chi connectivity index (χ2v) is 16.2. The third-order valence-electron chi connectivity index (χ3n) is 7.11. The highest BCUT2D eigenvalue weighted by Gasteiger charge is 2.32. The Morgan fingerprint density at radius 2 is 1.22 bits per heavy atom. The highest BCUT2D eigenvalue weighted by molar-refractivity contribution is 7.91. The van der Waals surface area contributed by atoms with Crippen LogP contribution in [-0.4, -0.2) is 64.2 Å². The number of hydrogen-bond acceptors (Lipinski definition) is 8. The Kier molecular flexibility index (Phi) is 15.2. The fraction of sp³-hybridized carbons (Fsp3) is 0.471. The maximum atomic E-state index is 12.6. The molecule has 0 unspecified atom stereocenters. The summed E-state index contributed by atoms with van der Waals surface area (Å²) in [6.07, 6.45) is -0.945. The van der Waals surface area contributed by atoms with E-state index in [0.29, 0.717) is 13.2 Å². The minimum Gasteiger partial charge on any atom is -0.445 e. The zero-order valence-electron chi connectivity index (χ0n) is 28.2. The number of alkyl carbamates (subject to hydrolysis) is 2. The van der Waals surface area contributed by atoms with Crippen molar-refractivity contribution in [1.29, 1.82) is 0 Å². The Morgan fingerprint density at radius 1 is 0.761 bits per heavy atom. The van der Waals surface area contributed by atoms with Crippen LogP contribution in [0.2, 0.25) is 0 Å². The van der Waals surface area contributed by atoms with E-state index in [0.717, 1.165) is 11.1 Å². The van der Waals surface area contributed by atoms with Crippen LogP contribution in [-0.2, 0) is 32.7 Å². The van der Waals surface area contributed by atoms with Gasteiger partial charge >= 0.3 is 12.2 Å². The van der Waals surface area contributed by atoms with Gasteiger partial charge in [0.15, 0.2) is 0 Å². The summed E-state index contributed by atoms with van der Waals surface area (Å²) in [5, 5.41) is 10.5. The first kappa shape index (κ1) is 38.7. The SMILES string of the molecule is CN(C[C@@H](NC(=O)OCc1ccccc1)C(C)(C)C)S(=O)(=O)c1cccs1.CNC[C@@H](NC(=O)OCc1ccccc1)C(C)(C)C. The van der Waals surface area contributed by atoms with Crippen LogP contribution in [0.3, 0.4) is 0 Å². The summed E-state index contributed by atoms with van der Waals surface area (Å²) in [6.45, 7) is 13.4. The van der Waals surface area contributed by atoms with Crippen LogP contribution in [0.5, 0.6) is 0 Å². The number of sulfonamides is 1. The second kappa shape index (κ2) is 18.0. The first-order valence-corrected chi connectivity index (χ1v) is 17.4. The van der Waals surface area contributed by atoms with Crippen molar-refractivity contribution < 1.29 is 27.5 Å². The monoisotopic (exact) mass is 674 g/mol. The van der Waals surface area contributed by atoms with Crippen LogP contribution in [0.15, 0.2) is 82.4 Å². The summed E-state index contributed by atoms with van der Waals surface area (Å²) in [5.41, 5.74) is 1.50. The number of rotatable bonds is 12. The van der Waals surface area contributed by atoms with Gasteiger partial charge in [0.05, 0.1) is 6.04 Å². The summed E-state index contributed by atoms with van der Waals surface area (Å²) >= 11 is 1.17. The van der Waals surface area contributed by atoms with Crippen LogP contribution < -0.4 is 16.0 Å². The second-order valence-electron chi connectivity index (χ2n) is 13.0. The standard InChI is InChI=1S/C19H26N2O4S2.C15H24N2O2/c1-19(2,3)16(13-21(4)27(23,24)17-11-8-12-26-17)20-18(22)25-14-15-9-6-5-7-10-15;1-15(2,3)13(10-16-4)17-14(18)19-11-12-8-6-5-7-9-12/h5-12,16H,13-14H2,1-4H3,(H,20,22);5-9,13,16H,10-11H2,1-4H3,(H,17,18)/t16-;13-/m11/s1. The van der Waals surface area contributed by atoms with Crippen molar-refractivity contribution in [2.75, 3.05) is 27.2 Å². The first-order valence-electron chi connectivity index (χ1n) is 15.1. The molecule has 1 heterocycles. The Labute approximate surface area is 278 Å². The van der Waals surface area contributed by atoms with E-state index >= 15 is 0 Å². The number of benzene rings is 2. The lowest BCUT2D eigenvalue weighted by Gasteiger charge is -2.33. The molecular weight excluding hydrogens is 625 g/mol. The van der Waals surface area contributed by atoms with Gasteiger partial charge in [-0.15, -0.1) is 11.3 Å². The van der Waals surface area contributed by atoms with Gasteiger partial charge < -0.3 is 25.4 Å². The molecule has 12 heteroatoms. The molecule has 3 rings (SSSR count). The molecule has 254 valence electrons. The smallest absolute Gasteiger partial charge is 0.407 e. The van der Waals surface area contributed by atoms with Gasteiger partial charge in [-0.25, -0.2) is 18.0 Å². The molecule has 0 aliphatic carbocycles. The van der Waals surface area contributed by atoms with Crippen molar-refractivity contribution >= 4 is 33.5 Å². The van der Waals surface area contributed by atoms with E-state index in [2.05, 4.69) is 36.7 Å². The molecule has 1 aromatic heterocycles. The summed E-state index contributed by atoms with van der Waals surface area (Å²) in [5.74, 6) is 0. The average Bonchev–Trinajstić information content (AvgIpc) is 3.55. The Morgan fingerprint density at radius 3 is 1.61 bits per heavy atom. The van der Waals surface area contributed by atoms with Gasteiger partial charge in [0.25, 0.3) is 10.0 Å². The lowest BCUT2D eigenvalue weighted by molar-refractivity contribution is 0.123. The van der Waals surface area contributed by atoms with Crippen molar-refractivity contribution in [3.05, 3.63) is 89.3 Å². The molecule has 0 aliphatic rings. The molecular formula is C34H50N4O6S2. The molecule has 0 saturated carbocycles. The summed E-state index contributed by atoms with van der Waals surface area (Å²) in [7, 11) is -0.193. The minimum atomic E-state index is -3.58. The molecule has 0 aliphatic heterocycles. The predicted octanol–water partition coefficient (Wildman–Crippen LogP) is 6.26. The fourth-order valence-corrected chi connectivity index (χ4v) is 6.43. The molecule has 3 aromatic rings. The number of carbonyl (C=O) groups excluding carboxylic acids is 2. The lowest BCUT2D eigenvalue weighted by atomic mass is 9.87. The zero-order chi connectivity index (χ0) is 34.4. The van der Waals surface area contributed by atoms with E-state index in [-0.39, 0.29) is 40.3 Å². The van der Waals surface area contributed by atoms with Gasteiger partial charge in [-0.2, -0.15) is 4.31 Å². The zero-order valence-corrected chi connectivity index (χ0v) is 29.8. The van der Waals surface area contributed by atoms with Crippen molar-refractivity contribution in [2.45, 2.75) is 71.0 Å². The van der Waals surface area contributed by atoms with Crippen molar-refractivity contribution in [3.8, 4) is 0 Å². The van der Waals surface area contributed by atoms with Crippen LogP contribution in [0.1, 0.15) is 52.7 Å². The van der Waals surface area contributed by atoms with Crippen LogP contribution in [0.4, 0.5) is 9.59 Å². The van der Waals surface area contributed by atoms with Gasteiger partial charge in [0.1, 0.15) is 17.4 Å². The van der Waals surface area contributed by atoms with Crippen molar-refractivity contribution in [2.24, 2.45) is 10.8 Å². The van der Waals surface area contributed by atoms with E-state index < -0.39 is 22.2 Å². The predicted molar refractivity (Wildman–Crippen MR) is 184 cm³/mol. The van der Waals surface area contributed by atoms with Crippen LogP contribution in [0, 0.1) is 10.8 Å². The molecule has 0 bridgehead atoms. The van der Waals surface area contributed by atoms with Gasteiger partial charge in [-0.1, -0.05) is 108 Å². The van der Waals surface area contributed by atoms with E-state index in [1.54, 1.807) is 17.5 Å². The number of ether oxygens (including phenoxy) is 2. The minimum absolute atomic E-state index is 0.0191. The van der Waals surface area contributed by atoms with Crippen LogP contribution in [0.25, 0.3) is 0 Å². The molecule has 0 radical (unpaired) electrons. The Hall–Kier alpha value is -3.45. The summed E-state index contributed by atoms with van der Waals surface area (Å²) < 4.78 is 37.3. The van der Waals surface area contributed by atoms with E-state index in [1.807, 2.05) is 88.5 Å². The molecule has 46 heavy (non-hydrogen) atoms. The maximum Gasteiger partial charge on any atom is 0.407 e. The molecule has 2 atom stereocenters. The number of nitrogens with one attached hydrogen (secondary N) is 3. The largest absolute Gasteiger partial charge is 0.445 e. The molecule has 10 nitrogen and oxygen atoms in total. The average molecular weight is 675 g/mol. The van der Waals surface area contributed by atoms with E-state index in [9.17, 15) is 18.0 Å². The van der Waals surface area contributed by atoms with Gasteiger partial charge in [0.2, 0.25) is 0 Å². The highest BCUT2D eigenvalue weighted by Crippen LogP contribution is 2.25. The summed E-state index contributed by atoms with van der Waals surface area (Å²) in [4.78, 5) is 24.0. The van der Waals surface area contributed by atoms with Crippen molar-refractivity contribution in [3.63, 3.8) is 0 Å². The van der Waals surface area contributed by atoms with Gasteiger partial charge in [-0.05, 0) is 40.5 Å². The highest BCUT2D eigenvalue weighted by atomic mass is 32.2. The number of likely N-dealkylation sites (N-methyl/N-ethyl adjacent to an activating group) is 2. The number of amides is 2. The fourth-order valence-electron chi connectivity index (χ4n) is 4.05. The number of thiophene rings is 1. The quantitative estimate of drug-likeness (QED) is 0.207. The Balaban J connectivity index is 0.000000341. The third kappa shape index (κ3) is 13.5. The molecule has 0 fully saturated rings. The van der Waals surface area contributed by atoms with Crippen molar-refractivity contribution in [1.82, 2.24) is 20.3 Å². The number of hydrogen-bond donors (Lipinski definition) is 3. The number of nitrogens with zero attached hydrogens (tertiary/aromatic N) is 1. The van der Waals surface area contributed by atoms with Gasteiger partial charge in [0, 0.05) is 26.2 Å². The summed E-state index contributed by atoms with van der Waals surface area (Å²) in [6, 6.07) is 21.9. The van der Waals surface area contributed by atoms with E-state index in [4.69, 9.17) is 9.47 Å². The number of carbonyl (C=O) groups is 2. The first-order chi connectivity index (χ1) is 21.5. The maximum absolute atomic E-state index is 12.6. The van der Waals surface area contributed by atoms with E-state index in [1.165, 1.54) is 22.7 Å². The van der Waals surface area contributed by atoms with Gasteiger partial charge in [-0.3, -0.25) is 0 Å². The lowest BCUT2D eigenvalue weighted by Crippen LogP contribution is -2.51. The topological polar surface area (TPSA) is 126 Å². The van der Waals surface area contributed by atoms with Crippen LogP contribution >= 0.6 is 11.3 Å². The molecule has 2 amide bonds. The Bertz CT molecular complexity index is 1420. The normalized spacial score (nSPS) is 13.2. The molecule has 0 saturated heterocycles. The molecule has 2 aromatic carbocycles.